The number of piperidine rings is 1. The fraction of sp³-hybridized carbons (Fsp3) is 0.714. The van der Waals surface area contributed by atoms with Crippen LogP contribution in [-0.2, 0) is 0 Å². The minimum Gasteiger partial charge on any atom is -0.316 e. The first-order chi connectivity index (χ1) is 3.93. The first-order valence-electron chi connectivity index (χ1n) is 3.27. The molecular weight excluding hydrogens is 134 g/mol. The Balaban J connectivity index is 0.000000640. The minimum atomic E-state index is 0. The van der Waals surface area contributed by atoms with Gasteiger partial charge in [-0.1, -0.05) is 6.08 Å². The summed E-state index contributed by atoms with van der Waals surface area (Å²) in [4.78, 5) is 0. The van der Waals surface area contributed by atoms with Crippen molar-refractivity contribution in [1.82, 2.24) is 5.32 Å². The molecule has 1 unspecified atom stereocenters. The van der Waals surface area contributed by atoms with Gasteiger partial charge < -0.3 is 5.32 Å². The molecule has 0 amide bonds. The van der Waals surface area contributed by atoms with Crippen LogP contribution in [0.5, 0.6) is 0 Å². The minimum absolute atomic E-state index is 0. The summed E-state index contributed by atoms with van der Waals surface area (Å²) < 4.78 is 0. The van der Waals surface area contributed by atoms with Crippen LogP contribution in [0.4, 0.5) is 0 Å². The highest BCUT2D eigenvalue weighted by molar-refractivity contribution is 5.85. The molecule has 1 rings (SSSR count). The molecule has 1 N–H and O–H groups in total. The summed E-state index contributed by atoms with van der Waals surface area (Å²) in [6.45, 7) is 6.09. The summed E-state index contributed by atoms with van der Waals surface area (Å²) in [7, 11) is 0. The van der Waals surface area contributed by atoms with Gasteiger partial charge in [0.1, 0.15) is 0 Å². The summed E-state index contributed by atoms with van der Waals surface area (Å²) in [6, 6.07) is 0. The van der Waals surface area contributed by atoms with Gasteiger partial charge in [0.25, 0.3) is 0 Å². The van der Waals surface area contributed by atoms with E-state index in [0.717, 1.165) is 12.5 Å². The topological polar surface area (TPSA) is 12.0 Å². The van der Waals surface area contributed by atoms with Crippen molar-refractivity contribution in [2.75, 3.05) is 13.1 Å². The number of rotatable bonds is 1. The molecule has 1 heterocycles. The van der Waals surface area contributed by atoms with Crippen LogP contribution < -0.4 is 5.32 Å². The molecule has 0 saturated carbocycles. The summed E-state index contributed by atoms with van der Waals surface area (Å²) in [5.74, 6) is 0.740. The highest BCUT2D eigenvalue weighted by Gasteiger charge is 2.06. The molecule has 0 bridgehead atoms. The molecule has 9 heavy (non-hydrogen) atoms. The molecule has 1 atom stereocenters. The predicted octanol–water partition coefficient (Wildman–Crippen LogP) is 1.59. The van der Waals surface area contributed by atoms with Crippen molar-refractivity contribution in [2.45, 2.75) is 12.8 Å². The molecular formula is C7H14ClN. The monoisotopic (exact) mass is 147 g/mol. The van der Waals surface area contributed by atoms with Crippen LogP contribution >= 0.6 is 12.4 Å². The Bertz CT molecular complexity index is 77.0. The lowest BCUT2D eigenvalue weighted by molar-refractivity contribution is 0.439. The van der Waals surface area contributed by atoms with Crippen molar-refractivity contribution >= 4 is 12.4 Å². The molecule has 0 aromatic carbocycles. The lowest BCUT2D eigenvalue weighted by atomic mass is 10.0. The van der Waals surface area contributed by atoms with E-state index in [1.165, 1.54) is 19.4 Å². The van der Waals surface area contributed by atoms with Gasteiger partial charge >= 0.3 is 0 Å². The van der Waals surface area contributed by atoms with Crippen LogP contribution in [0.3, 0.4) is 0 Å². The van der Waals surface area contributed by atoms with Crippen molar-refractivity contribution < 1.29 is 0 Å². The molecule has 0 aromatic heterocycles. The molecule has 0 spiro atoms. The Labute approximate surface area is 62.9 Å². The van der Waals surface area contributed by atoms with E-state index in [1.54, 1.807) is 0 Å². The second kappa shape index (κ2) is 4.83. The van der Waals surface area contributed by atoms with Gasteiger partial charge in [-0.3, -0.25) is 0 Å². The SMILES string of the molecule is C=CC1CCCNC1.Cl. The van der Waals surface area contributed by atoms with E-state index in [0.29, 0.717) is 0 Å². The van der Waals surface area contributed by atoms with Gasteiger partial charge in [-0.2, -0.15) is 0 Å². The van der Waals surface area contributed by atoms with E-state index < -0.39 is 0 Å². The van der Waals surface area contributed by atoms with Crippen molar-refractivity contribution in [3.8, 4) is 0 Å². The van der Waals surface area contributed by atoms with E-state index >= 15 is 0 Å². The Kier molecular flexibility index (Phi) is 4.83. The summed E-state index contributed by atoms with van der Waals surface area (Å²) >= 11 is 0. The fourth-order valence-corrected chi connectivity index (χ4v) is 1.08. The van der Waals surface area contributed by atoms with E-state index in [1.807, 2.05) is 6.08 Å². The molecule has 2 heteroatoms. The average Bonchev–Trinajstić information content (AvgIpc) is 1.90. The van der Waals surface area contributed by atoms with Gasteiger partial charge in [0, 0.05) is 6.54 Å². The first-order valence-corrected chi connectivity index (χ1v) is 3.27. The van der Waals surface area contributed by atoms with E-state index in [2.05, 4.69) is 11.9 Å². The second-order valence-electron chi connectivity index (χ2n) is 2.34. The zero-order valence-electron chi connectivity index (χ0n) is 5.60. The van der Waals surface area contributed by atoms with Crippen molar-refractivity contribution in [2.24, 2.45) is 5.92 Å². The van der Waals surface area contributed by atoms with Crippen LogP contribution in [0.25, 0.3) is 0 Å². The van der Waals surface area contributed by atoms with E-state index in [4.69, 9.17) is 0 Å². The van der Waals surface area contributed by atoms with Crippen LogP contribution in [-0.4, -0.2) is 13.1 Å². The Hall–Kier alpha value is -0.0100. The van der Waals surface area contributed by atoms with Gasteiger partial charge in [0.2, 0.25) is 0 Å². The third-order valence-corrected chi connectivity index (χ3v) is 1.67. The quantitative estimate of drug-likeness (QED) is 0.556. The van der Waals surface area contributed by atoms with Crippen molar-refractivity contribution in [1.29, 1.82) is 0 Å². The Morgan fingerprint density at radius 2 is 2.33 bits per heavy atom. The molecule has 1 saturated heterocycles. The maximum atomic E-state index is 3.74. The molecule has 0 aliphatic carbocycles. The van der Waals surface area contributed by atoms with Crippen LogP contribution in [0.2, 0.25) is 0 Å². The van der Waals surface area contributed by atoms with Gasteiger partial charge in [0.05, 0.1) is 0 Å². The van der Waals surface area contributed by atoms with Crippen molar-refractivity contribution in [3.05, 3.63) is 12.7 Å². The van der Waals surface area contributed by atoms with E-state index in [9.17, 15) is 0 Å². The number of nitrogens with one attached hydrogen (secondary N) is 1. The Morgan fingerprint density at radius 3 is 2.67 bits per heavy atom. The molecule has 1 aliphatic rings. The second-order valence-corrected chi connectivity index (χ2v) is 2.34. The lowest BCUT2D eigenvalue weighted by Crippen LogP contribution is -2.28. The molecule has 0 aromatic rings. The van der Waals surface area contributed by atoms with Gasteiger partial charge in [-0.15, -0.1) is 19.0 Å². The highest BCUT2D eigenvalue weighted by atomic mass is 35.5. The van der Waals surface area contributed by atoms with Gasteiger partial charge in [-0.05, 0) is 25.3 Å². The summed E-state index contributed by atoms with van der Waals surface area (Å²) in [6.07, 6.45) is 4.69. The molecule has 1 nitrogen and oxygen atoms in total. The van der Waals surface area contributed by atoms with Crippen LogP contribution in [0.15, 0.2) is 12.7 Å². The third-order valence-electron chi connectivity index (χ3n) is 1.67. The van der Waals surface area contributed by atoms with Crippen LogP contribution in [0.1, 0.15) is 12.8 Å². The molecule has 1 aliphatic heterocycles. The van der Waals surface area contributed by atoms with Crippen molar-refractivity contribution in [3.63, 3.8) is 0 Å². The third kappa shape index (κ3) is 2.87. The summed E-state index contributed by atoms with van der Waals surface area (Å²) in [5.41, 5.74) is 0. The van der Waals surface area contributed by atoms with Crippen LogP contribution in [0, 0.1) is 5.92 Å². The zero-order chi connectivity index (χ0) is 5.82. The molecule has 54 valence electrons. The molecule has 1 fully saturated rings. The van der Waals surface area contributed by atoms with Gasteiger partial charge in [-0.25, -0.2) is 0 Å². The predicted molar refractivity (Wildman–Crippen MR) is 43.0 cm³/mol. The normalized spacial score (nSPS) is 26.4. The fourth-order valence-electron chi connectivity index (χ4n) is 1.08. The number of hydrogen-bond acceptors (Lipinski definition) is 1. The maximum Gasteiger partial charge on any atom is 0.00141 e. The Morgan fingerprint density at radius 1 is 1.56 bits per heavy atom. The largest absolute Gasteiger partial charge is 0.316 e. The van der Waals surface area contributed by atoms with Gasteiger partial charge in [0.15, 0.2) is 0 Å². The number of halogens is 1. The maximum absolute atomic E-state index is 3.74. The summed E-state index contributed by atoms with van der Waals surface area (Å²) in [5, 5.41) is 3.31. The van der Waals surface area contributed by atoms with E-state index in [-0.39, 0.29) is 12.4 Å². The smallest absolute Gasteiger partial charge is 0.00141 e. The number of hydrogen-bond donors (Lipinski definition) is 1. The highest BCUT2D eigenvalue weighted by Crippen LogP contribution is 2.09. The average molecular weight is 148 g/mol. The lowest BCUT2D eigenvalue weighted by Gasteiger charge is -2.18. The first kappa shape index (κ1) is 8.99. The standard InChI is InChI=1S/C7H13N.ClH/c1-2-7-4-3-5-8-6-7;/h2,7-8H,1,3-6H2;1H. The molecule has 0 radical (unpaired) electrons. The zero-order valence-corrected chi connectivity index (χ0v) is 6.41.